The highest BCUT2D eigenvalue weighted by Gasteiger charge is 2.41. The minimum Gasteiger partial charge on any atom is -0.379 e. The van der Waals surface area contributed by atoms with Crippen LogP contribution in [0.1, 0.15) is 58.6 Å². The Balaban J connectivity index is 1.57. The van der Waals surface area contributed by atoms with Gasteiger partial charge in [-0.3, -0.25) is 4.79 Å². The number of benzene rings is 5. The number of imidazole rings is 1. The predicted molar refractivity (Wildman–Crippen MR) is 172 cm³/mol. The second kappa shape index (κ2) is 11.3. The number of nitrogens with zero attached hydrogens (tertiary/aromatic N) is 2. The summed E-state index contributed by atoms with van der Waals surface area (Å²) in [5, 5.41) is 14.4. The van der Waals surface area contributed by atoms with Crippen molar-refractivity contribution in [3.63, 3.8) is 0 Å². The van der Waals surface area contributed by atoms with Crippen molar-refractivity contribution in [3.8, 4) is 0 Å². The van der Waals surface area contributed by atoms with Crippen LogP contribution in [0.5, 0.6) is 0 Å². The molecule has 0 aliphatic carbocycles. The monoisotopic (exact) mass is 565 g/mol. The lowest BCUT2D eigenvalue weighted by Crippen LogP contribution is -2.37. The number of carbonyl (C=O) groups excluding carboxylic acids is 1. The van der Waals surface area contributed by atoms with Crippen molar-refractivity contribution in [2.45, 2.75) is 31.4 Å². The summed E-state index contributed by atoms with van der Waals surface area (Å²) in [4.78, 5) is 16.7. The molecule has 5 nitrogen and oxygen atoms in total. The van der Waals surface area contributed by atoms with Crippen LogP contribution in [0.4, 0.5) is 0 Å². The van der Waals surface area contributed by atoms with Crippen molar-refractivity contribution in [3.05, 3.63) is 173 Å². The van der Waals surface area contributed by atoms with Gasteiger partial charge in [0.1, 0.15) is 11.1 Å². The van der Waals surface area contributed by atoms with Gasteiger partial charge in [0.2, 0.25) is 5.91 Å². The SMILES string of the molecule is CC(C)CC(O)(c1ccc2cc(C(N)=O)ccc2c1)c1cn(C(c2ccccc2)(c2ccccc2)c2ccccc2)cn1. The molecule has 214 valence electrons. The van der Waals surface area contributed by atoms with E-state index in [4.69, 9.17) is 10.7 Å². The Labute approximate surface area is 252 Å². The van der Waals surface area contributed by atoms with Crippen LogP contribution in [0.3, 0.4) is 0 Å². The molecule has 5 aromatic carbocycles. The number of fused-ring (bicyclic) bond motifs is 1. The van der Waals surface area contributed by atoms with E-state index >= 15 is 0 Å². The fourth-order valence-corrected chi connectivity index (χ4v) is 6.32. The summed E-state index contributed by atoms with van der Waals surface area (Å²) < 4.78 is 2.13. The van der Waals surface area contributed by atoms with Gasteiger partial charge in [0.25, 0.3) is 0 Å². The molecule has 1 aromatic heterocycles. The van der Waals surface area contributed by atoms with Gasteiger partial charge in [-0.2, -0.15) is 0 Å². The highest BCUT2D eigenvalue weighted by Crippen LogP contribution is 2.43. The Kier molecular flexibility index (Phi) is 7.43. The maximum absolute atomic E-state index is 12.6. The highest BCUT2D eigenvalue weighted by atomic mass is 16.3. The topological polar surface area (TPSA) is 81.1 Å². The third-order valence-electron chi connectivity index (χ3n) is 8.27. The lowest BCUT2D eigenvalue weighted by Gasteiger charge is -2.37. The van der Waals surface area contributed by atoms with Crippen molar-refractivity contribution in [1.29, 1.82) is 0 Å². The maximum Gasteiger partial charge on any atom is 0.248 e. The van der Waals surface area contributed by atoms with Crippen molar-refractivity contribution in [2.24, 2.45) is 11.7 Å². The number of nitrogens with two attached hydrogens (primary N) is 1. The molecule has 6 aromatic rings. The summed E-state index contributed by atoms with van der Waals surface area (Å²) >= 11 is 0. The molecule has 0 aliphatic rings. The molecule has 0 saturated carbocycles. The first-order valence-corrected chi connectivity index (χ1v) is 14.6. The van der Waals surface area contributed by atoms with E-state index in [1.165, 1.54) is 0 Å². The van der Waals surface area contributed by atoms with E-state index in [-0.39, 0.29) is 5.92 Å². The first kappa shape index (κ1) is 28.1. The minimum absolute atomic E-state index is 0.185. The van der Waals surface area contributed by atoms with Crippen LogP contribution < -0.4 is 5.73 Å². The van der Waals surface area contributed by atoms with Crippen molar-refractivity contribution >= 4 is 16.7 Å². The summed E-state index contributed by atoms with van der Waals surface area (Å²) in [6, 6.07) is 42.5. The van der Waals surface area contributed by atoms with E-state index in [1.54, 1.807) is 12.1 Å². The molecular weight excluding hydrogens is 530 g/mol. The van der Waals surface area contributed by atoms with E-state index in [0.29, 0.717) is 17.7 Å². The summed E-state index contributed by atoms with van der Waals surface area (Å²) in [6.45, 7) is 4.20. The van der Waals surface area contributed by atoms with E-state index in [2.05, 4.69) is 91.2 Å². The Morgan fingerprint density at radius 2 is 1.26 bits per heavy atom. The van der Waals surface area contributed by atoms with Crippen LogP contribution in [-0.2, 0) is 11.1 Å². The summed E-state index contributed by atoms with van der Waals surface area (Å²) in [5.74, 6) is -0.281. The van der Waals surface area contributed by atoms with Crippen LogP contribution in [0.15, 0.2) is 140 Å². The second-order valence-corrected chi connectivity index (χ2v) is 11.6. The Morgan fingerprint density at radius 3 is 1.77 bits per heavy atom. The molecule has 1 atom stereocenters. The third-order valence-corrected chi connectivity index (χ3v) is 8.27. The molecule has 5 heteroatoms. The number of hydrogen-bond donors (Lipinski definition) is 2. The molecule has 6 rings (SSSR count). The molecular formula is C38H35N3O2. The van der Waals surface area contributed by atoms with Gasteiger partial charge in [0.15, 0.2) is 0 Å². The zero-order chi connectivity index (χ0) is 30.0. The summed E-state index contributed by atoms with van der Waals surface area (Å²) in [6.07, 6.45) is 4.31. The molecule has 3 N–H and O–H groups in total. The Morgan fingerprint density at radius 1 is 0.744 bits per heavy atom. The first-order valence-electron chi connectivity index (χ1n) is 14.6. The van der Waals surface area contributed by atoms with Gasteiger partial charge in [-0.15, -0.1) is 0 Å². The van der Waals surface area contributed by atoms with Crippen LogP contribution in [0.25, 0.3) is 10.8 Å². The van der Waals surface area contributed by atoms with Gasteiger partial charge >= 0.3 is 0 Å². The molecule has 0 radical (unpaired) electrons. The molecule has 43 heavy (non-hydrogen) atoms. The van der Waals surface area contributed by atoms with Gasteiger partial charge in [-0.05, 0) is 63.6 Å². The number of hydrogen-bond acceptors (Lipinski definition) is 3. The number of carbonyl (C=O) groups is 1. The average molecular weight is 566 g/mol. The van der Waals surface area contributed by atoms with E-state index in [1.807, 2.05) is 55.0 Å². The molecule has 0 fully saturated rings. The molecule has 0 aliphatic heterocycles. The number of aliphatic hydroxyl groups is 1. The van der Waals surface area contributed by atoms with Crippen LogP contribution in [0.2, 0.25) is 0 Å². The highest BCUT2D eigenvalue weighted by molar-refractivity contribution is 5.97. The zero-order valence-corrected chi connectivity index (χ0v) is 24.4. The lowest BCUT2D eigenvalue weighted by molar-refractivity contribution is 0.0534. The standard InChI is InChI=1S/C38H35N3O2/c1-27(2)24-37(43,34-21-20-28-22-30(36(39)42)19-18-29(28)23-34)35-25-41(26-40-35)38(31-12-6-3-7-13-31,32-14-8-4-9-15-32)33-16-10-5-11-17-33/h3-23,25-27,43H,24H2,1-2H3,(H2,39,42). The lowest BCUT2D eigenvalue weighted by atomic mass is 9.76. The molecule has 1 amide bonds. The smallest absolute Gasteiger partial charge is 0.248 e. The maximum atomic E-state index is 12.6. The van der Waals surface area contributed by atoms with Gasteiger partial charge in [-0.25, -0.2) is 4.98 Å². The van der Waals surface area contributed by atoms with Crippen molar-refractivity contribution < 1.29 is 9.90 Å². The average Bonchev–Trinajstić information content (AvgIpc) is 3.53. The fourth-order valence-electron chi connectivity index (χ4n) is 6.32. The summed E-state index contributed by atoms with van der Waals surface area (Å²) in [7, 11) is 0. The van der Waals surface area contributed by atoms with Crippen LogP contribution in [-0.4, -0.2) is 20.6 Å². The number of amides is 1. The van der Waals surface area contributed by atoms with E-state index in [9.17, 15) is 9.90 Å². The van der Waals surface area contributed by atoms with Crippen LogP contribution in [0, 0.1) is 5.92 Å². The molecule has 1 heterocycles. The van der Waals surface area contributed by atoms with E-state index in [0.717, 1.165) is 33.0 Å². The summed E-state index contributed by atoms with van der Waals surface area (Å²) in [5.41, 5.74) is 8.44. The van der Waals surface area contributed by atoms with Gasteiger partial charge in [0, 0.05) is 11.8 Å². The van der Waals surface area contributed by atoms with E-state index < -0.39 is 17.0 Å². The molecule has 0 saturated heterocycles. The molecule has 0 bridgehead atoms. The quantitative estimate of drug-likeness (QED) is 0.181. The van der Waals surface area contributed by atoms with Crippen LogP contribution >= 0.6 is 0 Å². The number of primary amides is 1. The minimum atomic E-state index is -1.36. The normalized spacial score (nSPS) is 13.2. The molecule has 1 unspecified atom stereocenters. The third kappa shape index (κ3) is 5.02. The second-order valence-electron chi connectivity index (χ2n) is 11.6. The zero-order valence-electron chi connectivity index (χ0n) is 24.4. The fraction of sp³-hybridized carbons (Fsp3) is 0.158. The Hall–Kier alpha value is -5.00. The number of rotatable bonds is 9. The van der Waals surface area contributed by atoms with Crippen molar-refractivity contribution in [1.82, 2.24) is 9.55 Å². The predicted octanol–water partition coefficient (Wildman–Crippen LogP) is 7.26. The number of aromatic nitrogens is 2. The van der Waals surface area contributed by atoms with Gasteiger partial charge < -0.3 is 15.4 Å². The van der Waals surface area contributed by atoms with Gasteiger partial charge in [0.05, 0.1) is 12.0 Å². The van der Waals surface area contributed by atoms with Crippen molar-refractivity contribution in [2.75, 3.05) is 0 Å². The Bertz CT molecular complexity index is 1770. The van der Waals surface area contributed by atoms with Gasteiger partial charge in [-0.1, -0.05) is 123 Å². The largest absolute Gasteiger partial charge is 0.379 e. The first-order chi connectivity index (χ1) is 20.8. The molecule has 0 spiro atoms.